The number of thioether (sulfide) groups is 1. The summed E-state index contributed by atoms with van der Waals surface area (Å²) in [6, 6.07) is 13.2. The van der Waals surface area contributed by atoms with Crippen LogP contribution in [0.25, 0.3) is 6.08 Å². The van der Waals surface area contributed by atoms with E-state index in [1.165, 1.54) is 17.0 Å². The average Bonchev–Trinajstić information content (AvgIpc) is 2.95. The van der Waals surface area contributed by atoms with Gasteiger partial charge in [0.1, 0.15) is 15.9 Å². The summed E-state index contributed by atoms with van der Waals surface area (Å²) in [5.74, 6) is -0.355. The van der Waals surface area contributed by atoms with E-state index in [1.54, 1.807) is 49.6 Å². The molecular formula is C20H17FN2O3S2. The molecular weight excluding hydrogens is 399 g/mol. The lowest BCUT2D eigenvalue weighted by Gasteiger charge is -2.14. The molecule has 0 radical (unpaired) electrons. The molecule has 28 heavy (non-hydrogen) atoms. The Labute approximate surface area is 171 Å². The van der Waals surface area contributed by atoms with Crippen LogP contribution in [0, 0.1) is 5.82 Å². The predicted octanol–water partition coefficient (Wildman–Crippen LogP) is 4.06. The Morgan fingerprint density at radius 2 is 2.07 bits per heavy atom. The summed E-state index contributed by atoms with van der Waals surface area (Å²) in [6.07, 6.45) is 1.56. The van der Waals surface area contributed by atoms with Gasteiger partial charge in [-0.25, -0.2) is 4.39 Å². The molecule has 1 N–H and O–H groups in total. The number of halogens is 1. The summed E-state index contributed by atoms with van der Waals surface area (Å²) in [4.78, 5) is 26.5. The summed E-state index contributed by atoms with van der Waals surface area (Å²) < 4.78 is 19.3. The molecule has 2 amide bonds. The molecule has 0 aliphatic carbocycles. The number of thiocarbonyl (C=S) groups is 1. The normalized spacial score (nSPS) is 15.2. The largest absolute Gasteiger partial charge is 0.497 e. The number of carbonyl (C=O) groups excluding carboxylic acids is 2. The third kappa shape index (κ3) is 4.76. The number of anilines is 1. The van der Waals surface area contributed by atoms with E-state index in [2.05, 4.69) is 5.32 Å². The minimum absolute atomic E-state index is 0.0800. The Balaban J connectivity index is 1.61. The second-order valence-electron chi connectivity index (χ2n) is 5.88. The number of amides is 2. The van der Waals surface area contributed by atoms with E-state index in [9.17, 15) is 14.0 Å². The Kier molecular flexibility index (Phi) is 6.43. The van der Waals surface area contributed by atoms with Gasteiger partial charge in [0.15, 0.2) is 0 Å². The van der Waals surface area contributed by atoms with Crippen LogP contribution in [0.1, 0.15) is 12.0 Å². The van der Waals surface area contributed by atoms with E-state index in [0.29, 0.717) is 26.2 Å². The molecule has 0 bridgehead atoms. The number of methoxy groups -OCH3 is 1. The summed E-state index contributed by atoms with van der Waals surface area (Å²) >= 11 is 6.34. The van der Waals surface area contributed by atoms with Crippen LogP contribution in [0.15, 0.2) is 53.4 Å². The van der Waals surface area contributed by atoms with Crippen LogP contribution in [0.3, 0.4) is 0 Å². The highest BCUT2D eigenvalue weighted by molar-refractivity contribution is 8.26. The Morgan fingerprint density at radius 1 is 1.29 bits per heavy atom. The van der Waals surface area contributed by atoms with Gasteiger partial charge in [-0.1, -0.05) is 48.2 Å². The summed E-state index contributed by atoms with van der Waals surface area (Å²) in [5, 5.41) is 2.76. The molecule has 3 rings (SSSR count). The first kappa shape index (κ1) is 20.0. The fourth-order valence-corrected chi connectivity index (χ4v) is 3.86. The highest BCUT2D eigenvalue weighted by Gasteiger charge is 2.32. The van der Waals surface area contributed by atoms with Crippen molar-refractivity contribution in [3.63, 3.8) is 0 Å². The number of hydrogen-bond donors (Lipinski definition) is 1. The van der Waals surface area contributed by atoms with Crippen molar-refractivity contribution in [2.75, 3.05) is 19.0 Å². The molecule has 1 aliphatic heterocycles. The molecule has 2 aromatic rings. The van der Waals surface area contributed by atoms with Crippen molar-refractivity contribution in [3.8, 4) is 5.75 Å². The molecule has 0 atom stereocenters. The highest BCUT2D eigenvalue weighted by Crippen LogP contribution is 2.33. The fourth-order valence-electron chi connectivity index (χ4n) is 2.56. The van der Waals surface area contributed by atoms with Gasteiger partial charge in [-0.05, 0) is 24.3 Å². The lowest BCUT2D eigenvalue weighted by Crippen LogP contribution is -2.31. The molecule has 144 valence electrons. The maximum absolute atomic E-state index is 13.8. The molecule has 0 saturated carbocycles. The quantitative estimate of drug-likeness (QED) is 0.568. The Bertz CT molecular complexity index is 962. The average molecular weight is 416 g/mol. The number of ether oxygens (including phenoxy) is 1. The lowest BCUT2D eigenvalue weighted by atomic mass is 10.2. The van der Waals surface area contributed by atoms with E-state index in [4.69, 9.17) is 17.0 Å². The smallest absolute Gasteiger partial charge is 0.266 e. The van der Waals surface area contributed by atoms with Gasteiger partial charge in [0, 0.05) is 30.3 Å². The number of carbonyl (C=O) groups is 2. The Hall–Kier alpha value is -2.71. The van der Waals surface area contributed by atoms with E-state index in [1.807, 2.05) is 0 Å². The Morgan fingerprint density at radius 3 is 2.82 bits per heavy atom. The zero-order valence-electron chi connectivity index (χ0n) is 15.0. The van der Waals surface area contributed by atoms with Crippen LogP contribution in [-0.4, -0.2) is 34.7 Å². The van der Waals surface area contributed by atoms with Crippen LogP contribution in [-0.2, 0) is 9.59 Å². The minimum Gasteiger partial charge on any atom is -0.497 e. The van der Waals surface area contributed by atoms with Gasteiger partial charge in [-0.3, -0.25) is 14.5 Å². The van der Waals surface area contributed by atoms with Crippen molar-refractivity contribution in [1.82, 2.24) is 4.90 Å². The van der Waals surface area contributed by atoms with E-state index in [-0.39, 0.29) is 24.8 Å². The molecule has 8 heteroatoms. The predicted molar refractivity (Wildman–Crippen MR) is 113 cm³/mol. The number of nitrogens with zero attached hydrogens (tertiary/aromatic N) is 1. The summed E-state index contributed by atoms with van der Waals surface area (Å²) in [7, 11) is 1.55. The van der Waals surface area contributed by atoms with E-state index >= 15 is 0 Å². The number of rotatable bonds is 6. The molecule has 0 unspecified atom stereocenters. The molecule has 1 heterocycles. The molecule has 1 aliphatic rings. The first-order valence-corrected chi connectivity index (χ1v) is 9.64. The molecule has 1 saturated heterocycles. The second-order valence-corrected chi connectivity index (χ2v) is 7.56. The van der Waals surface area contributed by atoms with Crippen molar-refractivity contribution < 1.29 is 18.7 Å². The lowest BCUT2D eigenvalue weighted by molar-refractivity contribution is -0.122. The van der Waals surface area contributed by atoms with Gasteiger partial charge in [-0.2, -0.15) is 0 Å². The molecule has 5 nitrogen and oxygen atoms in total. The van der Waals surface area contributed by atoms with Gasteiger partial charge in [-0.15, -0.1) is 0 Å². The fraction of sp³-hybridized carbons (Fsp3) is 0.150. The second kappa shape index (κ2) is 8.99. The van der Waals surface area contributed by atoms with Crippen LogP contribution in [0.4, 0.5) is 10.1 Å². The van der Waals surface area contributed by atoms with Crippen molar-refractivity contribution in [2.45, 2.75) is 6.42 Å². The standard InChI is InChI=1S/C20H17FN2O3S2/c1-26-15-7-4-6-14(12-15)22-18(24)9-10-23-19(25)17(28-20(23)27)11-13-5-2-3-8-16(13)21/h2-8,11-12H,9-10H2,1H3,(H,22,24)/b17-11-. The van der Waals surface area contributed by atoms with E-state index in [0.717, 1.165) is 11.8 Å². The van der Waals surface area contributed by atoms with E-state index < -0.39 is 5.82 Å². The zero-order chi connectivity index (χ0) is 20.1. The highest BCUT2D eigenvalue weighted by atomic mass is 32.2. The molecule has 1 fully saturated rings. The number of nitrogens with one attached hydrogen (secondary N) is 1. The topological polar surface area (TPSA) is 58.6 Å². The third-order valence-corrected chi connectivity index (χ3v) is 5.36. The van der Waals surface area contributed by atoms with Crippen molar-refractivity contribution in [3.05, 3.63) is 64.8 Å². The van der Waals surface area contributed by atoms with Crippen molar-refractivity contribution in [2.24, 2.45) is 0 Å². The van der Waals surface area contributed by atoms with Crippen LogP contribution >= 0.6 is 24.0 Å². The monoisotopic (exact) mass is 416 g/mol. The maximum atomic E-state index is 13.8. The SMILES string of the molecule is COc1cccc(NC(=O)CCN2C(=O)/C(=C/c3ccccc3F)SC2=S)c1. The van der Waals surface area contributed by atoms with Gasteiger partial charge in [0.2, 0.25) is 5.91 Å². The number of hydrogen-bond acceptors (Lipinski definition) is 5. The summed E-state index contributed by atoms with van der Waals surface area (Å²) in [5.41, 5.74) is 0.924. The zero-order valence-corrected chi connectivity index (χ0v) is 16.6. The van der Waals surface area contributed by atoms with Crippen LogP contribution in [0.2, 0.25) is 0 Å². The van der Waals surface area contributed by atoms with Gasteiger partial charge in [0.05, 0.1) is 12.0 Å². The van der Waals surface area contributed by atoms with Gasteiger partial charge < -0.3 is 10.1 Å². The van der Waals surface area contributed by atoms with Crippen LogP contribution in [0.5, 0.6) is 5.75 Å². The van der Waals surface area contributed by atoms with Crippen molar-refractivity contribution >= 4 is 51.9 Å². The molecule has 0 aromatic heterocycles. The maximum Gasteiger partial charge on any atom is 0.266 e. The number of benzene rings is 2. The molecule has 2 aromatic carbocycles. The first-order chi connectivity index (χ1) is 13.5. The van der Waals surface area contributed by atoms with Crippen LogP contribution < -0.4 is 10.1 Å². The first-order valence-electron chi connectivity index (χ1n) is 8.42. The minimum atomic E-state index is -0.412. The van der Waals surface area contributed by atoms with Gasteiger partial charge >= 0.3 is 0 Å². The summed E-state index contributed by atoms with van der Waals surface area (Å²) in [6.45, 7) is 0.148. The van der Waals surface area contributed by atoms with Gasteiger partial charge in [0.25, 0.3) is 5.91 Å². The third-order valence-electron chi connectivity index (χ3n) is 3.98. The van der Waals surface area contributed by atoms with Crippen molar-refractivity contribution in [1.29, 1.82) is 0 Å². The molecule has 0 spiro atoms.